The van der Waals surface area contributed by atoms with Crippen LogP contribution in [0.4, 0.5) is 5.95 Å². The number of hydrogen-bond donors (Lipinski definition) is 2. The molecular weight excluding hydrogens is 436 g/mol. The number of aromatic nitrogens is 8. The molecule has 0 bridgehead atoms. The van der Waals surface area contributed by atoms with E-state index < -0.39 is 5.60 Å². The molecule has 0 aliphatic carbocycles. The second kappa shape index (κ2) is 8.30. The molecular formula is C22H24N10O2. The summed E-state index contributed by atoms with van der Waals surface area (Å²) >= 11 is 0. The summed E-state index contributed by atoms with van der Waals surface area (Å²) in [6.45, 7) is 2.47. The van der Waals surface area contributed by atoms with Crippen LogP contribution < -0.4 is 5.32 Å². The van der Waals surface area contributed by atoms with Crippen molar-refractivity contribution in [1.82, 2.24) is 44.6 Å². The monoisotopic (exact) mass is 460 g/mol. The molecule has 4 aromatic rings. The maximum atomic E-state index is 12.4. The first-order valence-corrected chi connectivity index (χ1v) is 10.8. The summed E-state index contributed by atoms with van der Waals surface area (Å²) in [5.74, 6) is 0.563. The molecule has 0 saturated carbocycles. The molecule has 1 fully saturated rings. The van der Waals surface area contributed by atoms with E-state index in [2.05, 4.69) is 35.7 Å². The van der Waals surface area contributed by atoms with E-state index in [1.54, 1.807) is 36.3 Å². The molecule has 1 saturated heterocycles. The number of anilines is 1. The van der Waals surface area contributed by atoms with Gasteiger partial charge < -0.3 is 15.3 Å². The molecule has 4 aromatic heterocycles. The third-order valence-electron chi connectivity index (χ3n) is 5.88. The number of hydrogen-bond acceptors (Lipinski definition) is 9. The van der Waals surface area contributed by atoms with E-state index in [0.29, 0.717) is 29.7 Å². The van der Waals surface area contributed by atoms with E-state index in [0.717, 1.165) is 5.56 Å². The minimum Gasteiger partial charge on any atom is -0.374 e. The van der Waals surface area contributed by atoms with Crippen molar-refractivity contribution in [2.75, 3.05) is 18.9 Å². The zero-order valence-electron chi connectivity index (χ0n) is 19.0. The fourth-order valence-corrected chi connectivity index (χ4v) is 3.86. The molecule has 0 radical (unpaired) electrons. The van der Waals surface area contributed by atoms with Crippen molar-refractivity contribution in [3.8, 4) is 17.2 Å². The van der Waals surface area contributed by atoms with Crippen LogP contribution in [0.5, 0.6) is 0 Å². The summed E-state index contributed by atoms with van der Waals surface area (Å²) < 4.78 is 3.18. The van der Waals surface area contributed by atoms with Gasteiger partial charge in [0.15, 0.2) is 11.4 Å². The Morgan fingerprint density at radius 2 is 1.97 bits per heavy atom. The Morgan fingerprint density at radius 3 is 2.71 bits per heavy atom. The zero-order chi connectivity index (χ0) is 23.9. The summed E-state index contributed by atoms with van der Waals surface area (Å²) in [5.41, 5.74) is 0.802. The number of likely N-dealkylation sites (N-methyl/N-ethyl adjacent to an activating group) is 1. The van der Waals surface area contributed by atoms with E-state index in [4.69, 9.17) is 0 Å². The van der Waals surface area contributed by atoms with Gasteiger partial charge in [-0.3, -0.25) is 9.48 Å². The van der Waals surface area contributed by atoms with Crippen LogP contribution in [0, 0.1) is 0 Å². The molecule has 2 N–H and O–H groups in total. The van der Waals surface area contributed by atoms with E-state index in [9.17, 15) is 9.90 Å². The predicted octanol–water partition coefficient (Wildman–Crippen LogP) is 1.08. The molecule has 0 spiro atoms. The minimum atomic E-state index is -1.66. The number of nitrogens with zero attached hydrogens (tertiary/aromatic N) is 9. The number of nitrogens with one attached hydrogen (secondary N) is 1. The molecule has 12 heteroatoms. The molecule has 1 aliphatic heterocycles. The third-order valence-corrected chi connectivity index (χ3v) is 5.88. The maximum absolute atomic E-state index is 12.4. The minimum absolute atomic E-state index is 0.0278. The summed E-state index contributed by atoms with van der Waals surface area (Å²) in [6, 6.07) is 7.17. The van der Waals surface area contributed by atoms with E-state index in [-0.39, 0.29) is 24.1 Å². The van der Waals surface area contributed by atoms with Crippen LogP contribution in [-0.4, -0.2) is 69.2 Å². The normalized spacial score (nSPS) is 18.9. The lowest BCUT2D eigenvalue weighted by Crippen LogP contribution is -2.36. The van der Waals surface area contributed by atoms with E-state index in [1.807, 2.05) is 32.3 Å². The molecule has 34 heavy (non-hydrogen) atoms. The first-order valence-electron chi connectivity index (χ1n) is 10.8. The molecule has 5 rings (SSSR count). The molecule has 1 aliphatic rings. The molecule has 0 aromatic carbocycles. The number of aryl methyl sites for hydroxylation is 1. The van der Waals surface area contributed by atoms with Gasteiger partial charge in [0.25, 0.3) is 5.91 Å². The van der Waals surface area contributed by atoms with Crippen LogP contribution in [0.3, 0.4) is 0 Å². The Bertz CT molecular complexity index is 1350. The Morgan fingerprint density at radius 1 is 1.15 bits per heavy atom. The van der Waals surface area contributed by atoms with Gasteiger partial charge >= 0.3 is 0 Å². The smallest absolute Gasteiger partial charge is 0.260 e. The Hall–Kier alpha value is -4.19. The van der Waals surface area contributed by atoms with Crippen molar-refractivity contribution >= 4 is 11.9 Å². The Balaban J connectivity index is 1.38. The van der Waals surface area contributed by atoms with Crippen LogP contribution in [0.15, 0.2) is 49.1 Å². The van der Waals surface area contributed by atoms with Gasteiger partial charge in [0.2, 0.25) is 5.95 Å². The van der Waals surface area contributed by atoms with Crippen LogP contribution in [0.1, 0.15) is 30.6 Å². The number of amides is 1. The van der Waals surface area contributed by atoms with E-state index in [1.165, 1.54) is 15.8 Å². The molecule has 1 unspecified atom stereocenters. The summed E-state index contributed by atoms with van der Waals surface area (Å²) in [5, 5.41) is 26.4. The second-order valence-corrected chi connectivity index (χ2v) is 8.35. The topological polar surface area (TPSA) is 140 Å². The quantitative estimate of drug-likeness (QED) is 0.432. The van der Waals surface area contributed by atoms with Crippen LogP contribution in [0.25, 0.3) is 17.2 Å². The Kier molecular flexibility index (Phi) is 5.28. The van der Waals surface area contributed by atoms with Crippen molar-refractivity contribution in [3.05, 3.63) is 60.3 Å². The van der Waals surface area contributed by atoms with Gasteiger partial charge in [0.05, 0.1) is 29.8 Å². The highest BCUT2D eigenvalue weighted by Gasteiger charge is 2.47. The highest BCUT2D eigenvalue weighted by molar-refractivity contribution is 5.87. The average Bonchev–Trinajstić information content (AvgIpc) is 3.57. The lowest BCUT2D eigenvalue weighted by Gasteiger charge is -2.17. The summed E-state index contributed by atoms with van der Waals surface area (Å²) in [7, 11) is 3.52. The molecule has 2 atom stereocenters. The molecule has 12 nitrogen and oxygen atoms in total. The fraction of sp³-hybridized carbons (Fsp3) is 0.318. The second-order valence-electron chi connectivity index (χ2n) is 8.35. The third kappa shape index (κ3) is 3.88. The first-order chi connectivity index (χ1) is 16.3. The van der Waals surface area contributed by atoms with Crippen molar-refractivity contribution < 1.29 is 9.90 Å². The highest BCUT2D eigenvalue weighted by Crippen LogP contribution is 2.31. The number of carbonyl (C=O) groups is 1. The largest absolute Gasteiger partial charge is 0.374 e. The summed E-state index contributed by atoms with van der Waals surface area (Å²) in [4.78, 5) is 27.4. The van der Waals surface area contributed by atoms with Crippen molar-refractivity contribution in [3.63, 3.8) is 0 Å². The highest BCUT2D eigenvalue weighted by atomic mass is 16.3. The van der Waals surface area contributed by atoms with Gasteiger partial charge in [-0.05, 0) is 25.1 Å². The first kappa shape index (κ1) is 21.6. The number of carbonyl (C=O) groups excluding carboxylic acids is 1. The number of aliphatic hydroxyl groups is 1. The molecule has 1 amide bonds. The Labute approximate surface area is 195 Å². The van der Waals surface area contributed by atoms with Crippen molar-refractivity contribution in [2.24, 2.45) is 7.05 Å². The standard InChI is InChI=1S/C22H24N10O2/c1-14(15-11-24-31(3)12-15)25-21-23-9-7-17(27-21)16-5-4-6-19(26-16)32-13-18(28-29-32)22(34)8-10-30(2)20(22)33/h4-7,9,11-14,34H,8,10H2,1-3H3,(H,23,25,27)/t14-,22?/m1/s1. The number of rotatable bonds is 6. The van der Waals surface area contributed by atoms with Crippen molar-refractivity contribution in [2.45, 2.75) is 25.0 Å². The van der Waals surface area contributed by atoms with Gasteiger partial charge in [0, 0.05) is 45.0 Å². The van der Waals surface area contributed by atoms with E-state index >= 15 is 0 Å². The maximum Gasteiger partial charge on any atom is 0.260 e. The molecule has 5 heterocycles. The number of likely N-dealkylation sites (tertiary alicyclic amines) is 1. The SMILES string of the molecule is C[C@@H](Nc1nccc(-c2cccc(-n3cc(C4(O)CCN(C)C4=O)nn3)n2)n1)c1cnn(C)c1. The van der Waals surface area contributed by atoms with Gasteiger partial charge in [0.1, 0.15) is 5.69 Å². The van der Waals surface area contributed by atoms with Gasteiger partial charge in [-0.25, -0.2) is 19.6 Å². The molecule has 174 valence electrons. The van der Waals surface area contributed by atoms with Gasteiger partial charge in [-0.2, -0.15) is 5.10 Å². The van der Waals surface area contributed by atoms with Crippen molar-refractivity contribution in [1.29, 1.82) is 0 Å². The summed E-state index contributed by atoms with van der Waals surface area (Å²) in [6.07, 6.45) is 7.20. The lowest BCUT2D eigenvalue weighted by molar-refractivity contribution is -0.143. The fourth-order valence-electron chi connectivity index (χ4n) is 3.86. The number of pyridine rings is 1. The van der Waals surface area contributed by atoms with Gasteiger partial charge in [-0.15, -0.1) is 5.10 Å². The zero-order valence-corrected chi connectivity index (χ0v) is 19.0. The predicted molar refractivity (Wildman–Crippen MR) is 122 cm³/mol. The van der Waals surface area contributed by atoms with Gasteiger partial charge in [-0.1, -0.05) is 11.3 Å². The average molecular weight is 461 g/mol. The lowest BCUT2D eigenvalue weighted by atomic mass is 9.99. The van der Waals surface area contributed by atoms with Crippen LogP contribution >= 0.6 is 0 Å². The van der Waals surface area contributed by atoms with Crippen LogP contribution in [0.2, 0.25) is 0 Å². The van der Waals surface area contributed by atoms with Crippen LogP contribution in [-0.2, 0) is 17.4 Å².